The second-order valence-electron chi connectivity index (χ2n) is 45.2. The van der Waals surface area contributed by atoms with E-state index >= 15 is 0 Å². The molecule has 6 heterocycles. The highest BCUT2D eigenvalue weighted by molar-refractivity contribution is 6.54. The summed E-state index contributed by atoms with van der Waals surface area (Å²) in [5, 5.41) is 87.9. The van der Waals surface area contributed by atoms with Crippen LogP contribution in [0.1, 0.15) is 171 Å². The third-order valence-corrected chi connectivity index (χ3v) is 33.2. The van der Waals surface area contributed by atoms with Gasteiger partial charge in [0.15, 0.2) is 11.3 Å². The topological polar surface area (TPSA) is 257 Å². The largest absolute Gasteiger partial charge is 0.506 e. The molecule has 0 atom stereocenters. The van der Waals surface area contributed by atoms with Crippen molar-refractivity contribution in [1.29, 1.82) is 0 Å². The number of nitrogens with one attached hydrogen (secondary N) is 9. The lowest BCUT2D eigenvalue weighted by molar-refractivity contribution is -0.110. The molecule has 6 aliphatic heterocycles. The number of anilines is 9. The van der Waals surface area contributed by atoms with Gasteiger partial charge in [0.05, 0.1) is 66.6 Å². The highest BCUT2D eigenvalue weighted by atomic mass is 16.3. The molecule has 0 bridgehead atoms. The van der Waals surface area contributed by atoms with E-state index in [0.717, 1.165) is 191 Å². The number of carbonyl (C=O) groups is 3. The Morgan fingerprint density at radius 2 is 0.588 bits per heavy atom. The minimum Gasteiger partial charge on any atom is -0.506 e. The first kappa shape index (κ1) is 90.7. The Kier molecular flexibility index (Phi) is 20.7. The third-order valence-electron chi connectivity index (χ3n) is 33.2. The van der Waals surface area contributed by atoms with E-state index in [2.05, 4.69) is 267 Å². The van der Waals surface area contributed by atoms with Crippen LogP contribution >= 0.6 is 0 Å². The Balaban J connectivity index is 0.000000110. The SMILES string of the molecule is CC(C)CC1(CC(C)C)N=c2/c(=C3/C(=O)C(c4ccc5cccc6c5c4NC(CC(C)C)(CC(C)C)N6)=C3O)ccc3cccc(c23)N1.O=C1C(c2ccc3cccc4c3c2NC(C2CC2)(C2CC2)N4)=C(O)C1=c1ccc2cccc3c2c1=NC(C1CC1)(C1CC1)N3.O=C1C(c2ccc3cccc4c3c2NC(c2ccccc2)(c2ccccc2)N4)=C(O)C1=c1ccc2cccc3c2c1=NC(c1ccccc1)(c1ccccc1)N3. The monoisotopic (exact) mass is 1940 g/mol. The van der Waals surface area contributed by atoms with Crippen molar-refractivity contribution in [3.05, 3.63) is 391 Å². The number of nitrogens with zero attached hydrogens (tertiary/aromatic N) is 3. The minimum atomic E-state index is -0.983. The maximum Gasteiger partial charge on any atom is 0.201 e. The quantitative estimate of drug-likeness (QED) is 0.0359. The van der Waals surface area contributed by atoms with Gasteiger partial charge in [0.2, 0.25) is 17.3 Å². The number of rotatable bonds is 19. The van der Waals surface area contributed by atoms with Crippen LogP contribution in [0.3, 0.4) is 0 Å². The van der Waals surface area contributed by atoms with E-state index in [-0.39, 0.29) is 62.8 Å². The fraction of sp³-hybridized carbons (Fsp3) is 0.262. The van der Waals surface area contributed by atoms with Gasteiger partial charge in [0, 0.05) is 145 Å². The first-order chi connectivity index (χ1) is 71.9. The fourth-order valence-corrected chi connectivity index (χ4v) is 26.8. The molecule has 4 saturated carbocycles. The molecule has 29 rings (SSSR count). The average Bonchev–Trinajstić information content (AvgIpc) is 1.68. The molecule has 0 unspecified atom stereocenters. The summed E-state index contributed by atoms with van der Waals surface area (Å²) < 4.78 is 0. The lowest BCUT2D eigenvalue weighted by Gasteiger charge is -2.45. The van der Waals surface area contributed by atoms with Gasteiger partial charge < -0.3 is 63.2 Å². The van der Waals surface area contributed by atoms with Gasteiger partial charge in [-0.25, -0.2) is 4.99 Å². The van der Waals surface area contributed by atoms with Crippen molar-refractivity contribution >= 4 is 167 Å². The van der Waals surface area contributed by atoms with Crippen LogP contribution in [0.5, 0.6) is 0 Å². The summed E-state index contributed by atoms with van der Waals surface area (Å²) in [7, 11) is 0. The van der Waals surface area contributed by atoms with Crippen LogP contribution < -0.4 is 79.6 Å². The predicted octanol–water partition coefficient (Wildman–Crippen LogP) is 25.1. The zero-order valence-electron chi connectivity index (χ0n) is 84.4. The average molecular weight is 1940 g/mol. The molecule has 0 spiro atoms. The summed E-state index contributed by atoms with van der Waals surface area (Å²) in [6.45, 7) is 17.9. The highest BCUT2D eigenvalue weighted by Crippen LogP contribution is 2.61. The smallest absolute Gasteiger partial charge is 0.201 e. The molecule has 0 amide bonds. The maximum absolute atomic E-state index is 14.8. The van der Waals surface area contributed by atoms with Crippen LogP contribution in [-0.4, -0.2) is 55.3 Å². The third kappa shape index (κ3) is 14.2. The molecule has 18 nitrogen and oxygen atoms in total. The lowest BCUT2D eigenvalue weighted by Crippen LogP contribution is -2.52. The van der Waals surface area contributed by atoms with Crippen molar-refractivity contribution in [2.24, 2.45) is 62.3 Å². The van der Waals surface area contributed by atoms with Crippen LogP contribution in [0.15, 0.2) is 336 Å². The van der Waals surface area contributed by atoms with E-state index in [0.29, 0.717) is 91.0 Å². The Morgan fingerprint density at radius 1 is 0.270 bits per heavy atom. The number of benzene rings is 16. The van der Waals surface area contributed by atoms with Gasteiger partial charge in [-0.05, 0) is 169 Å². The molecule has 0 aromatic heterocycles. The molecule has 734 valence electrons. The number of Topliss-reactive ketones (excluding diaryl/α,β-unsaturated/α-hetero) is 3. The second-order valence-corrected chi connectivity index (χ2v) is 45.2. The Labute approximate surface area is 858 Å². The van der Waals surface area contributed by atoms with Gasteiger partial charge in [-0.1, -0.05) is 322 Å². The first-order valence-corrected chi connectivity index (χ1v) is 53.3. The van der Waals surface area contributed by atoms with Gasteiger partial charge in [-0.2, -0.15) is 0 Å². The summed E-state index contributed by atoms with van der Waals surface area (Å²) in [5.74, 6) is 3.55. The minimum absolute atomic E-state index is 0.0414. The maximum atomic E-state index is 14.8. The first-order valence-electron chi connectivity index (χ1n) is 53.3. The number of allylic oxidation sites excluding steroid dienone is 6. The van der Waals surface area contributed by atoms with Crippen LogP contribution in [0.25, 0.3) is 98.1 Å². The van der Waals surface area contributed by atoms with Gasteiger partial charge in [-0.3, -0.25) is 24.4 Å². The molecular formula is C130H118N12O6. The van der Waals surface area contributed by atoms with E-state index in [9.17, 15) is 29.7 Å². The Hall–Kier alpha value is -16.1. The molecule has 18 heteroatoms. The summed E-state index contributed by atoms with van der Waals surface area (Å²) >= 11 is 0. The molecule has 16 aromatic rings. The molecule has 7 aliphatic carbocycles. The molecule has 16 aromatic carbocycles. The number of carbonyl (C=O) groups excluding carboxylic acids is 3. The lowest BCUT2D eigenvalue weighted by atomic mass is 9.79. The van der Waals surface area contributed by atoms with Crippen molar-refractivity contribution in [1.82, 2.24) is 0 Å². The molecule has 4 fully saturated rings. The Bertz CT molecular complexity index is 8880. The normalized spacial score (nSPS) is 20.1. The van der Waals surface area contributed by atoms with Gasteiger partial charge in [0.25, 0.3) is 0 Å². The number of hydrogen-bond donors (Lipinski definition) is 12. The number of hydrogen-bond acceptors (Lipinski definition) is 18. The van der Waals surface area contributed by atoms with Crippen molar-refractivity contribution in [2.75, 3.05) is 47.9 Å². The summed E-state index contributed by atoms with van der Waals surface area (Å²) in [6, 6.07) is 103. The van der Waals surface area contributed by atoms with Crippen LogP contribution in [-0.2, 0) is 25.7 Å². The van der Waals surface area contributed by atoms with Gasteiger partial charge >= 0.3 is 0 Å². The summed E-state index contributed by atoms with van der Waals surface area (Å²) in [4.78, 5) is 60.2. The zero-order chi connectivity index (χ0) is 101. The van der Waals surface area contributed by atoms with E-state index in [4.69, 9.17) is 15.0 Å². The number of aliphatic hydroxyl groups is 3. The fourth-order valence-electron chi connectivity index (χ4n) is 26.8. The molecule has 0 saturated heterocycles. The van der Waals surface area contributed by atoms with Gasteiger partial charge in [0.1, 0.15) is 39.9 Å². The molecular weight excluding hydrogens is 1830 g/mol. The van der Waals surface area contributed by atoms with E-state index < -0.39 is 17.0 Å². The van der Waals surface area contributed by atoms with Crippen LogP contribution in [0.4, 0.5) is 51.2 Å². The molecule has 0 radical (unpaired) electrons. The van der Waals surface area contributed by atoms with E-state index in [1.807, 2.05) is 140 Å². The van der Waals surface area contributed by atoms with Crippen LogP contribution in [0.2, 0.25) is 0 Å². The highest BCUT2D eigenvalue weighted by Gasteiger charge is 2.59. The molecule has 13 aliphatic rings. The summed E-state index contributed by atoms with van der Waals surface area (Å²) in [5.41, 5.74) is 13.9. The number of aliphatic hydroxyl groups excluding tert-OH is 3. The summed E-state index contributed by atoms with van der Waals surface area (Å²) in [6.07, 6.45) is 13.1. The van der Waals surface area contributed by atoms with E-state index in [1.165, 1.54) is 51.4 Å². The predicted molar refractivity (Wildman–Crippen MR) is 599 cm³/mol. The van der Waals surface area contributed by atoms with Crippen LogP contribution in [0, 0.1) is 47.3 Å². The molecule has 148 heavy (non-hydrogen) atoms. The standard InChI is InChI=1S/C50H34N4O2.C42H50N4O2.C38H34N4O2/c55-47-43(37-29-27-31-15-13-25-39-41(31)45(37)53-49(51-39,33-17-5-1-6-18-33)34-19-7-2-8-20-34)48(56)44(47)38-30-28-32-16-14-26-40-42(32)46(38)54-50(52-40,35-21-9-3-10-22-35)36-23-11-4-12-24-36;1-23(2)19-41(20-24(3)4)43-31-13-9-11-27-15-17-29(37(45-41)33(27)31)35-39(47)36(40(35)48)30-18-16-28-12-10-14-32-34(28)38(30)46-42(44-32,21-25(5)6)22-26(7)8;43-35-31(25-17-7-19-3-1-5-27-29(19)33(25)41-37(39-27,21-9-10-21)22-11-12-22)36(44)32(35)26-18-8-20-4-2-6-28-30(20)34(26)42-38(40-28,23-13-14-23)24-15-16-24/h1-30,51-53,55H;9-18,23-26,43-45,47H,19-22H2,1-8H3;1-8,17-18,21-24,39-41,43H,9-16H2/b;36-30+;. The number of ketones is 3. The second kappa shape index (κ2) is 33.7. The molecule has 12 N–H and O–H groups in total. The van der Waals surface area contributed by atoms with Crippen molar-refractivity contribution in [2.45, 2.75) is 166 Å². The van der Waals surface area contributed by atoms with Crippen molar-refractivity contribution in [3.63, 3.8) is 0 Å². The van der Waals surface area contributed by atoms with E-state index in [1.54, 1.807) is 0 Å². The van der Waals surface area contributed by atoms with Gasteiger partial charge in [-0.15, -0.1) is 0 Å². The van der Waals surface area contributed by atoms with Crippen molar-refractivity contribution in [3.8, 4) is 0 Å². The zero-order valence-corrected chi connectivity index (χ0v) is 84.4. The van der Waals surface area contributed by atoms with Crippen molar-refractivity contribution < 1.29 is 29.7 Å². The Morgan fingerprint density at radius 3 is 0.966 bits per heavy atom.